The Morgan fingerprint density at radius 1 is 1.64 bits per heavy atom. The molecule has 0 radical (unpaired) electrons. The van der Waals surface area contributed by atoms with Crippen molar-refractivity contribution in [1.29, 1.82) is 0 Å². The van der Waals surface area contributed by atoms with Gasteiger partial charge in [-0.25, -0.2) is 4.79 Å². The minimum atomic E-state index is -1.31. The van der Waals surface area contributed by atoms with E-state index in [1.54, 1.807) is 20.2 Å². The zero-order valence-corrected chi connectivity index (χ0v) is 7.97. The molecule has 6 nitrogen and oxygen atoms in total. The number of carbonyl (C=O) groups excluding carboxylic acids is 1. The predicted molar refractivity (Wildman–Crippen MR) is 49.0 cm³/mol. The maximum Gasteiger partial charge on any atom is 0.420 e. The summed E-state index contributed by atoms with van der Waals surface area (Å²) in [5.41, 5.74) is 0. The van der Waals surface area contributed by atoms with Crippen molar-refractivity contribution < 1.29 is 14.7 Å². The van der Waals surface area contributed by atoms with Crippen molar-refractivity contribution in [2.45, 2.75) is 13.3 Å². The molecule has 0 spiro atoms. The number of hydrogen-bond acceptors (Lipinski definition) is 3. The Hall–Kier alpha value is -1.85. The first-order valence-electron chi connectivity index (χ1n) is 4.11. The molecule has 14 heavy (non-hydrogen) atoms. The van der Waals surface area contributed by atoms with E-state index in [1.165, 1.54) is 10.7 Å². The number of nitrogens with zero attached hydrogens (tertiary/aromatic N) is 3. The van der Waals surface area contributed by atoms with E-state index in [0.717, 1.165) is 0 Å². The monoisotopic (exact) mass is 197 g/mol. The molecule has 0 aliphatic carbocycles. The van der Waals surface area contributed by atoms with Gasteiger partial charge < -0.3 is 5.11 Å². The van der Waals surface area contributed by atoms with E-state index >= 15 is 0 Å². The molecule has 1 aromatic rings. The summed E-state index contributed by atoms with van der Waals surface area (Å²) in [5, 5.41) is 12.6. The summed E-state index contributed by atoms with van der Waals surface area (Å²) in [5.74, 6) is -0.358. The van der Waals surface area contributed by atoms with E-state index in [4.69, 9.17) is 5.11 Å². The molecule has 2 amide bonds. The molecule has 0 saturated carbocycles. The fraction of sp³-hybridized carbons (Fsp3) is 0.375. The van der Waals surface area contributed by atoms with Crippen LogP contribution >= 0.6 is 0 Å². The number of anilines is 1. The van der Waals surface area contributed by atoms with Crippen LogP contribution in [0.2, 0.25) is 0 Å². The van der Waals surface area contributed by atoms with Crippen LogP contribution in [0.4, 0.5) is 10.6 Å². The first-order valence-corrected chi connectivity index (χ1v) is 4.11. The highest BCUT2D eigenvalue weighted by Gasteiger charge is 2.22. The van der Waals surface area contributed by atoms with Crippen molar-refractivity contribution in [3.05, 3.63) is 12.3 Å². The van der Waals surface area contributed by atoms with Gasteiger partial charge in [-0.05, 0) is 0 Å². The lowest BCUT2D eigenvalue weighted by Gasteiger charge is -2.12. The Morgan fingerprint density at radius 2 is 2.29 bits per heavy atom. The van der Waals surface area contributed by atoms with Gasteiger partial charge >= 0.3 is 6.09 Å². The van der Waals surface area contributed by atoms with Gasteiger partial charge in [-0.2, -0.15) is 10.00 Å². The molecule has 6 heteroatoms. The van der Waals surface area contributed by atoms with Crippen molar-refractivity contribution in [1.82, 2.24) is 9.78 Å². The summed E-state index contributed by atoms with van der Waals surface area (Å²) in [4.78, 5) is 22.7. The summed E-state index contributed by atoms with van der Waals surface area (Å²) < 4.78 is 1.44. The predicted octanol–water partition coefficient (Wildman–Crippen LogP) is 0.841. The van der Waals surface area contributed by atoms with E-state index in [1.807, 2.05) is 0 Å². The largest absolute Gasteiger partial charge is 0.464 e. The Labute approximate surface area is 80.7 Å². The van der Waals surface area contributed by atoms with Gasteiger partial charge in [0.1, 0.15) is 0 Å². The number of aromatic nitrogens is 2. The quantitative estimate of drug-likeness (QED) is 0.762. The molecule has 1 aromatic heterocycles. The van der Waals surface area contributed by atoms with Gasteiger partial charge in [-0.15, -0.1) is 0 Å². The Bertz CT molecular complexity index is 358. The maximum absolute atomic E-state index is 11.3. The van der Waals surface area contributed by atoms with Gasteiger partial charge in [0.25, 0.3) is 0 Å². The van der Waals surface area contributed by atoms with Crippen LogP contribution in [0.5, 0.6) is 0 Å². The van der Waals surface area contributed by atoms with Crippen LogP contribution in [-0.4, -0.2) is 26.9 Å². The fourth-order valence-corrected chi connectivity index (χ4v) is 1.01. The summed E-state index contributed by atoms with van der Waals surface area (Å²) in [6.45, 7) is 1.60. The Balaban J connectivity index is 3.00. The molecule has 0 atom stereocenters. The maximum atomic E-state index is 11.3. The average molecular weight is 197 g/mol. The SMILES string of the molecule is CCC(=O)N(C(=O)O)c1ccn(C)n1. The van der Waals surface area contributed by atoms with Crippen LogP contribution in [0.1, 0.15) is 13.3 Å². The zero-order chi connectivity index (χ0) is 10.7. The summed E-state index contributed by atoms with van der Waals surface area (Å²) in [6, 6.07) is 1.47. The molecular weight excluding hydrogens is 186 g/mol. The van der Waals surface area contributed by atoms with E-state index in [0.29, 0.717) is 4.90 Å². The number of rotatable bonds is 2. The molecule has 0 aliphatic heterocycles. The number of carbonyl (C=O) groups is 2. The van der Waals surface area contributed by atoms with E-state index < -0.39 is 12.0 Å². The summed E-state index contributed by atoms with van der Waals surface area (Å²) in [6.07, 6.45) is 0.396. The summed E-state index contributed by atoms with van der Waals surface area (Å²) >= 11 is 0. The normalized spacial score (nSPS) is 9.86. The molecule has 0 bridgehead atoms. The molecule has 0 aromatic carbocycles. The Morgan fingerprint density at radius 3 is 2.64 bits per heavy atom. The third-order valence-corrected chi connectivity index (χ3v) is 1.67. The molecule has 0 aliphatic rings. The van der Waals surface area contributed by atoms with Crippen LogP contribution in [-0.2, 0) is 11.8 Å². The van der Waals surface area contributed by atoms with Crippen molar-refractivity contribution in [3.63, 3.8) is 0 Å². The molecule has 0 unspecified atom stereocenters. The number of amides is 2. The molecule has 1 N–H and O–H groups in total. The second kappa shape index (κ2) is 3.91. The number of carboxylic acid groups (broad SMARTS) is 1. The molecule has 1 rings (SSSR count). The van der Waals surface area contributed by atoms with Crippen LogP contribution in [0, 0.1) is 0 Å². The van der Waals surface area contributed by atoms with Gasteiger partial charge in [-0.1, -0.05) is 6.92 Å². The number of hydrogen-bond donors (Lipinski definition) is 1. The molecule has 0 fully saturated rings. The second-order valence-corrected chi connectivity index (χ2v) is 2.71. The average Bonchev–Trinajstić information content (AvgIpc) is 2.51. The smallest absolute Gasteiger partial charge is 0.420 e. The lowest BCUT2D eigenvalue weighted by atomic mass is 10.4. The van der Waals surface area contributed by atoms with Crippen molar-refractivity contribution in [3.8, 4) is 0 Å². The first-order chi connectivity index (χ1) is 6.56. The van der Waals surface area contributed by atoms with Crippen molar-refractivity contribution in [2.24, 2.45) is 7.05 Å². The van der Waals surface area contributed by atoms with Crippen LogP contribution in [0.3, 0.4) is 0 Å². The van der Waals surface area contributed by atoms with E-state index in [-0.39, 0.29) is 12.2 Å². The van der Waals surface area contributed by atoms with Gasteiger partial charge in [0.2, 0.25) is 5.91 Å². The highest BCUT2D eigenvalue weighted by Crippen LogP contribution is 2.11. The molecule has 76 valence electrons. The van der Waals surface area contributed by atoms with Crippen molar-refractivity contribution in [2.75, 3.05) is 4.90 Å². The highest BCUT2D eigenvalue weighted by molar-refractivity contribution is 6.10. The van der Waals surface area contributed by atoms with Gasteiger partial charge in [0.15, 0.2) is 5.82 Å². The topological polar surface area (TPSA) is 75.4 Å². The number of imide groups is 1. The minimum Gasteiger partial charge on any atom is -0.464 e. The lowest BCUT2D eigenvalue weighted by molar-refractivity contribution is -0.117. The Kier molecular flexibility index (Phi) is 2.85. The highest BCUT2D eigenvalue weighted by atomic mass is 16.4. The van der Waals surface area contributed by atoms with Gasteiger partial charge in [0.05, 0.1) is 0 Å². The fourth-order valence-electron chi connectivity index (χ4n) is 1.01. The first kappa shape index (κ1) is 10.2. The lowest BCUT2D eigenvalue weighted by Crippen LogP contribution is -2.35. The van der Waals surface area contributed by atoms with Crippen LogP contribution < -0.4 is 4.90 Å². The third kappa shape index (κ3) is 1.90. The molecular formula is C8H11N3O3. The number of aryl methyl sites for hydroxylation is 1. The van der Waals surface area contributed by atoms with Gasteiger partial charge in [-0.3, -0.25) is 9.48 Å². The van der Waals surface area contributed by atoms with E-state index in [9.17, 15) is 9.59 Å². The molecule has 0 saturated heterocycles. The standard InChI is InChI=1S/C8H11N3O3/c1-3-7(12)11(8(13)14)6-4-5-10(2)9-6/h4-5H,3H2,1-2H3,(H,13,14). The van der Waals surface area contributed by atoms with Crippen LogP contribution in [0.15, 0.2) is 12.3 Å². The van der Waals surface area contributed by atoms with Gasteiger partial charge in [0, 0.05) is 25.7 Å². The minimum absolute atomic E-state index is 0.128. The van der Waals surface area contributed by atoms with E-state index in [2.05, 4.69) is 5.10 Å². The van der Waals surface area contributed by atoms with Crippen molar-refractivity contribution >= 4 is 17.8 Å². The second-order valence-electron chi connectivity index (χ2n) is 2.71. The summed E-state index contributed by atoms with van der Waals surface area (Å²) in [7, 11) is 1.65. The zero-order valence-electron chi connectivity index (χ0n) is 7.97. The molecule has 1 heterocycles. The third-order valence-electron chi connectivity index (χ3n) is 1.67. The van der Waals surface area contributed by atoms with Crippen LogP contribution in [0.25, 0.3) is 0 Å².